The van der Waals surface area contributed by atoms with Crippen LogP contribution in [0, 0.1) is 11.3 Å². The number of rotatable bonds is 3. The van der Waals surface area contributed by atoms with E-state index in [9.17, 15) is 0 Å². The van der Waals surface area contributed by atoms with Gasteiger partial charge in [0.15, 0.2) is 0 Å². The van der Waals surface area contributed by atoms with Crippen LogP contribution in [0.15, 0.2) is 36.7 Å². The Balaban J connectivity index is 2.09. The number of anilines is 1. The van der Waals surface area contributed by atoms with Crippen molar-refractivity contribution in [1.82, 2.24) is 9.55 Å². The molecule has 0 aliphatic heterocycles. The van der Waals surface area contributed by atoms with Gasteiger partial charge in [-0.1, -0.05) is 18.2 Å². The van der Waals surface area contributed by atoms with Gasteiger partial charge in [-0.15, -0.1) is 0 Å². The Bertz CT molecular complexity index is 520. The van der Waals surface area contributed by atoms with Gasteiger partial charge in [0.05, 0.1) is 0 Å². The van der Waals surface area contributed by atoms with Crippen LogP contribution in [-0.2, 0) is 13.0 Å². The van der Waals surface area contributed by atoms with Crippen molar-refractivity contribution >= 4 is 5.69 Å². The van der Waals surface area contributed by atoms with E-state index in [-0.39, 0.29) is 0 Å². The summed E-state index contributed by atoms with van der Waals surface area (Å²) in [5.41, 5.74) is 7.73. The fraction of sp³-hybridized carbons (Fsp3) is 0.167. The van der Waals surface area contributed by atoms with Gasteiger partial charge in [0.1, 0.15) is 6.07 Å². The molecule has 0 aliphatic carbocycles. The Morgan fingerprint density at radius 2 is 2.19 bits per heavy atom. The van der Waals surface area contributed by atoms with Gasteiger partial charge >= 0.3 is 0 Å². The minimum Gasteiger partial charge on any atom is -0.399 e. The number of aryl methyl sites for hydroxylation is 2. The highest BCUT2D eigenvalue weighted by atomic mass is 15.1. The lowest BCUT2D eigenvalue weighted by Gasteiger charge is -2.06. The minimum atomic E-state index is 0.439. The van der Waals surface area contributed by atoms with Crippen molar-refractivity contribution in [2.45, 2.75) is 13.0 Å². The molecule has 0 saturated carbocycles. The van der Waals surface area contributed by atoms with Crippen molar-refractivity contribution < 1.29 is 0 Å². The lowest BCUT2D eigenvalue weighted by atomic mass is 10.1. The third-order valence-electron chi connectivity index (χ3n) is 2.49. The van der Waals surface area contributed by atoms with Crippen LogP contribution in [0.1, 0.15) is 11.4 Å². The summed E-state index contributed by atoms with van der Waals surface area (Å²) in [5.74, 6) is 0.439. The highest BCUT2D eigenvalue weighted by Crippen LogP contribution is 2.12. The Hall–Kier alpha value is -2.28. The molecule has 4 heteroatoms. The number of imidazole rings is 1. The molecule has 0 unspecified atom stereocenters. The first kappa shape index (κ1) is 10.2. The lowest BCUT2D eigenvalue weighted by molar-refractivity contribution is 0.687. The zero-order valence-electron chi connectivity index (χ0n) is 8.80. The first-order valence-electron chi connectivity index (χ1n) is 5.06. The van der Waals surface area contributed by atoms with Crippen molar-refractivity contribution in [1.29, 1.82) is 5.26 Å². The zero-order chi connectivity index (χ0) is 11.4. The molecule has 0 saturated heterocycles. The number of hydrogen-bond acceptors (Lipinski definition) is 3. The molecule has 16 heavy (non-hydrogen) atoms. The molecule has 0 bridgehead atoms. The number of aromatic nitrogens is 2. The summed E-state index contributed by atoms with van der Waals surface area (Å²) in [4.78, 5) is 3.94. The predicted molar refractivity (Wildman–Crippen MR) is 61.5 cm³/mol. The predicted octanol–water partition coefficient (Wildman–Crippen LogP) is 1.58. The highest BCUT2D eigenvalue weighted by molar-refractivity contribution is 5.46. The third kappa shape index (κ3) is 2.04. The van der Waals surface area contributed by atoms with E-state index >= 15 is 0 Å². The maximum Gasteiger partial charge on any atom is 0.212 e. The zero-order valence-corrected chi connectivity index (χ0v) is 8.80. The molecule has 2 aromatic rings. The molecule has 1 aromatic carbocycles. The van der Waals surface area contributed by atoms with Gasteiger partial charge in [0.2, 0.25) is 5.82 Å². The number of nitrogens with two attached hydrogens (primary N) is 1. The number of benzene rings is 1. The van der Waals surface area contributed by atoms with E-state index in [2.05, 4.69) is 4.98 Å². The second-order valence-electron chi connectivity index (χ2n) is 3.50. The maximum absolute atomic E-state index is 8.80. The van der Waals surface area contributed by atoms with Gasteiger partial charge in [-0.05, 0) is 18.1 Å². The van der Waals surface area contributed by atoms with Gasteiger partial charge in [-0.2, -0.15) is 5.26 Å². The summed E-state index contributed by atoms with van der Waals surface area (Å²) in [5, 5.41) is 8.80. The average molecular weight is 212 g/mol. The van der Waals surface area contributed by atoms with Gasteiger partial charge in [-0.3, -0.25) is 0 Å². The molecule has 1 heterocycles. The normalized spacial score (nSPS) is 9.94. The van der Waals surface area contributed by atoms with Gasteiger partial charge in [0, 0.05) is 24.6 Å². The smallest absolute Gasteiger partial charge is 0.212 e. The van der Waals surface area contributed by atoms with E-state index in [1.54, 1.807) is 12.4 Å². The third-order valence-corrected chi connectivity index (χ3v) is 2.49. The van der Waals surface area contributed by atoms with E-state index in [1.807, 2.05) is 34.9 Å². The van der Waals surface area contributed by atoms with Gasteiger partial charge < -0.3 is 10.3 Å². The first-order valence-corrected chi connectivity index (χ1v) is 5.06. The molecule has 0 aliphatic rings. The molecule has 0 atom stereocenters. The first-order chi connectivity index (χ1) is 7.81. The average Bonchev–Trinajstić information content (AvgIpc) is 2.75. The van der Waals surface area contributed by atoms with Crippen LogP contribution in [0.3, 0.4) is 0 Å². The van der Waals surface area contributed by atoms with Gasteiger partial charge in [0.25, 0.3) is 0 Å². The standard InChI is InChI=1S/C12H12N4/c13-9-12-15-6-8-16(12)7-5-10-3-1-2-4-11(10)14/h1-4,6,8H,5,7,14H2. The van der Waals surface area contributed by atoms with Crippen molar-refractivity contribution in [2.75, 3.05) is 5.73 Å². The van der Waals surface area contributed by atoms with Crippen LogP contribution >= 0.6 is 0 Å². The van der Waals surface area contributed by atoms with Crippen molar-refractivity contribution in [3.63, 3.8) is 0 Å². The summed E-state index contributed by atoms with van der Waals surface area (Å²) in [7, 11) is 0. The van der Waals surface area contributed by atoms with Crippen LogP contribution in [0.5, 0.6) is 0 Å². The number of nitrogens with zero attached hydrogens (tertiary/aromatic N) is 3. The maximum atomic E-state index is 8.80. The van der Waals surface area contributed by atoms with Crippen LogP contribution < -0.4 is 5.73 Å². The quantitative estimate of drug-likeness (QED) is 0.785. The van der Waals surface area contributed by atoms with E-state index in [1.165, 1.54) is 0 Å². The second-order valence-corrected chi connectivity index (χ2v) is 3.50. The molecule has 2 rings (SSSR count). The topological polar surface area (TPSA) is 67.6 Å². The molecular formula is C12H12N4. The van der Waals surface area contributed by atoms with Crippen LogP contribution in [0.25, 0.3) is 0 Å². The Morgan fingerprint density at radius 1 is 1.38 bits per heavy atom. The molecule has 4 nitrogen and oxygen atoms in total. The summed E-state index contributed by atoms with van der Waals surface area (Å²) in [6, 6.07) is 9.81. The number of nitrogen functional groups attached to an aromatic ring is 1. The van der Waals surface area contributed by atoms with E-state index < -0.39 is 0 Å². The summed E-state index contributed by atoms with van der Waals surface area (Å²) < 4.78 is 1.83. The second kappa shape index (κ2) is 4.49. The lowest BCUT2D eigenvalue weighted by Crippen LogP contribution is -2.04. The van der Waals surface area contributed by atoms with Crippen LogP contribution in [-0.4, -0.2) is 9.55 Å². The van der Waals surface area contributed by atoms with Crippen LogP contribution in [0.2, 0.25) is 0 Å². The van der Waals surface area contributed by atoms with E-state index in [4.69, 9.17) is 11.0 Å². The minimum absolute atomic E-state index is 0.439. The molecule has 0 spiro atoms. The van der Waals surface area contributed by atoms with Crippen molar-refractivity contribution in [3.8, 4) is 6.07 Å². The van der Waals surface area contributed by atoms with E-state index in [0.717, 1.165) is 24.2 Å². The monoisotopic (exact) mass is 212 g/mol. The Kier molecular flexibility index (Phi) is 2.88. The van der Waals surface area contributed by atoms with Crippen molar-refractivity contribution in [3.05, 3.63) is 48.0 Å². The summed E-state index contributed by atoms with van der Waals surface area (Å²) >= 11 is 0. The molecular weight excluding hydrogens is 200 g/mol. The Labute approximate surface area is 94.0 Å². The number of nitriles is 1. The summed E-state index contributed by atoms with van der Waals surface area (Å²) in [6.45, 7) is 0.719. The van der Waals surface area contributed by atoms with Crippen molar-refractivity contribution in [2.24, 2.45) is 0 Å². The van der Waals surface area contributed by atoms with Crippen LogP contribution in [0.4, 0.5) is 5.69 Å². The molecule has 80 valence electrons. The molecule has 0 amide bonds. The molecule has 2 N–H and O–H groups in total. The SMILES string of the molecule is N#Cc1nccn1CCc1ccccc1N. The molecule has 0 radical (unpaired) electrons. The number of hydrogen-bond donors (Lipinski definition) is 1. The largest absolute Gasteiger partial charge is 0.399 e. The molecule has 0 fully saturated rings. The van der Waals surface area contributed by atoms with E-state index in [0.29, 0.717) is 5.82 Å². The summed E-state index contributed by atoms with van der Waals surface area (Å²) in [6.07, 6.45) is 4.24. The Morgan fingerprint density at radius 3 is 2.94 bits per heavy atom. The molecule has 1 aromatic heterocycles. The highest BCUT2D eigenvalue weighted by Gasteiger charge is 2.02. The fourth-order valence-electron chi connectivity index (χ4n) is 1.61. The fourth-order valence-corrected chi connectivity index (χ4v) is 1.61. The van der Waals surface area contributed by atoms with Gasteiger partial charge in [-0.25, -0.2) is 4.98 Å². The number of para-hydroxylation sites is 1.